The molecule has 38 heavy (non-hydrogen) atoms. The van der Waals surface area contributed by atoms with Crippen molar-refractivity contribution in [3.05, 3.63) is 34.6 Å². The number of rotatable bonds is 22. The fourth-order valence-electron chi connectivity index (χ4n) is 4.11. The number of halogens is 5. The van der Waals surface area contributed by atoms with Crippen molar-refractivity contribution in [2.45, 2.75) is 129 Å². The van der Waals surface area contributed by atoms with E-state index in [0.29, 0.717) is 6.42 Å². The molecule has 218 valence electrons. The summed E-state index contributed by atoms with van der Waals surface area (Å²) in [5.41, 5.74) is -1.25. The molecule has 0 saturated heterocycles. The van der Waals surface area contributed by atoms with Gasteiger partial charge in [-0.1, -0.05) is 103 Å². The van der Waals surface area contributed by atoms with Crippen LogP contribution in [0.25, 0.3) is 0 Å². The van der Waals surface area contributed by atoms with Crippen molar-refractivity contribution < 1.29 is 41.0 Å². The molecule has 0 bridgehead atoms. The van der Waals surface area contributed by atoms with Crippen molar-refractivity contribution in [1.29, 1.82) is 0 Å². The summed E-state index contributed by atoms with van der Waals surface area (Å²) in [4.78, 5) is 23.4. The number of unbranched alkanes of at least 4 members (excludes halogenated alkanes) is 15. The van der Waals surface area contributed by atoms with Crippen molar-refractivity contribution in [3.8, 4) is 0 Å². The van der Waals surface area contributed by atoms with Gasteiger partial charge in [-0.15, -0.1) is 0 Å². The van der Waals surface area contributed by atoms with E-state index in [9.17, 15) is 31.5 Å². The highest BCUT2D eigenvalue weighted by Crippen LogP contribution is 2.23. The van der Waals surface area contributed by atoms with E-state index in [2.05, 4.69) is 11.7 Å². The molecule has 9 heteroatoms. The molecule has 0 aliphatic rings. The minimum atomic E-state index is -2.29. The number of hydrogen-bond donors (Lipinski definition) is 0. The molecular formula is C29H43F5O4. The second-order valence-corrected chi connectivity index (χ2v) is 9.73. The second-order valence-electron chi connectivity index (χ2n) is 9.73. The minimum absolute atomic E-state index is 0.233. The van der Waals surface area contributed by atoms with Crippen LogP contribution in [0.4, 0.5) is 22.0 Å². The molecule has 0 amide bonds. The fourth-order valence-corrected chi connectivity index (χ4v) is 4.11. The quantitative estimate of drug-likeness (QED) is 0.0475. The van der Waals surface area contributed by atoms with E-state index in [0.717, 1.165) is 19.3 Å². The lowest BCUT2D eigenvalue weighted by molar-refractivity contribution is -0.151. The fraction of sp³-hybridized carbons (Fsp3) is 0.724. The molecule has 4 nitrogen and oxygen atoms in total. The van der Waals surface area contributed by atoms with Crippen LogP contribution in [0.15, 0.2) is 0 Å². The van der Waals surface area contributed by atoms with Gasteiger partial charge in [0.05, 0.1) is 25.0 Å². The van der Waals surface area contributed by atoms with Gasteiger partial charge >= 0.3 is 11.9 Å². The normalized spacial score (nSPS) is 11.1. The summed E-state index contributed by atoms with van der Waals surface area (Å²) in [7, 11) is 0. The Balaban J connectivity index is 1.98. The summed E-state index contributed by atoms with van der Waals surface area (Å²) in [6.07, 6.45) is 19.0. The average Bonchev–Trinajstić information content (AvgIpc) is 2.91. The molecule has 0 unspecified atom stereocenters. The zero-order valence-electron chi connectivity index (χ0n) is 22.7. The van der Waals surface area contributed by atoms with Gasteiger partial charge in [0.15, 0.2) is 23.3 Å². The SMILES string of the molecule is CCCCCCCCCCCCCCCCCCOC(=O)CCC(=O)OCc1c(F)c(F)c(F)c(F)c1F. The van der Waals surface area contributed by atoms with Gasteiger partial charge in [0.2, 0.25) is 5.82 Å². The topological polar surface area (TPSA) is 52.6 Å². The molecule has 1 aromatic rings. The van der Waals surface area contributed by atoms with Gasteiger partial charge in [-0.2, -0.15) is 0 Å². The first-order valence-corrected chi connectivity index (χ1v) is 14.1. The Bertz CT molecular complexity index is 803. The Labute approximate surface area is 223 Å². The van der Waals surface area contributed by atoms with E-state index in [-0.39, 0.29) is 13.0 Å². The van der Waals surface area contributed by atoms with Crippen LogP contribution in [0.1, 0.15) is 128 Å². The van der Waals surface area contributed by atoms with Gasteiger partial charge in [-0.05, 0) is 6.42 Å². The zero-order chi connectivity index (χ0) is 28.2. The lowest BCUT2D eigenvalue weighted by atomic mass is 10.0. The predicted octanol–water partition coefficient (Wildman–Crippen LogP) is 9.01. The lowest BCUT2D eigenvalue weighted by Gasteiger charge is -2.09. The van der Waals surface area contributed by atoms with Crippen molar-refractivity contribution in [3.63, 3.8) is 0 Å². The van der Waals surface area contributed by atoms with Crippen LogP contribution in [0.2, 0.25) is 0 Å². The molecule has 0 saturated carbocycles. The third-order valence-corrected chi connectivity index (χ3v) is 6.47. The third-order valence-electron chi connectivity index (χ3n) is 6.47. The van der Waals surface area contributed by atoms with Crippen LogP contribution in [0.3, 0.4) is 0 Å². The van der Waals surface area contributed by atoms with Crippen LogP contribution in [0, 0.1) is 29.1 Å². The highest BCUT2D eigenvalue weighted by Gasteiger charge is 2.26. The number of carbonyl (C=O) groups is 2. The molecule has 1 rings (SSSR count). The molecule has 0 fully saturated rings. The van der Waals surface area contributed by atoms with Crippen LogP contribution in [0.5, 0.6) is 0 Å². The smallest absolute Gasteiger partial charge is 0.306 e. The van der Waals surface area contributed by atoms with Gasteiger partial charge in [0.1, 0.15) is 6.61 Å². The first kappa shape index (κ1) is 33.8. The third kappa shape index (κ3) is 14.1. The predicted molar refractivity (Wildman–Crippen MR) is 136 cm³/mol. The van der Waals surface area contributed by atoms with Gasteiger partial charge in [-0.3, -0.25) is 9.59 Å². The molecule has 0 spiro atoms. The molecule has 0 radical (unpaired) electrons. The van der Waals surface area contributed by atoms with Crippen molar-refractivity contribution in [2.24, 2.45) is 0 Å². The molecule has 0 N–H and O–H groups in total. The minimum Gasteiger partial charge on any atom is -0.466 e. The number of ether oxygens (including phenoxy) is 2. The summed E-state index contributed by atoms with van der Waals surface area (Å²) in [5, 5.41) is 0. The summed E-state index contributed by atoms with van der Waals surface area (Å²) in [6, 6.07) is 0. The maximum absolute atomic E-state index is 13.6. The molecule has 0 aliphatic carbocycles. The number of hydrogen-bond acceptors (Lipinski definition) is 4. The molecule has 1 aromatic carbocycles. The van der Waals surface area contributed by atoms with Gasteiger partial charge < -0.3 is 9.47 Å². The van der Waals surface area contributed by atoms with E-state index in [1.54, 1.807) is 0 Å². The first-order valence-electron chi connectivity index (χ1n) is 14.1. The first-order chi connectivity index (χ1) is 18.3. The highest BCUT2D eigenvalue weighted by molar-refractivity contribution is 5.77. The Hall–Kier alpha value is -2.19. The zero-order valence-corrected chi connectivity index (χ0v) is 22.7. The summed E-state index contributed by atoms with van der Waals surface area (Å²) in [6.45, 7) is 1.33. The van der Waals surface area contributed by atoms with E-state index in [1.807, 2.05) is 0 Å². The van der Waals surface area contributed by atoms with Crippen molar-refractivity contribution in [2.75, 3.05) is 6.61 Å². The Kier molecular flexibility index (Phi) is 18.5. The van der Waals surface area contributed by atoms with Crippen molar-refractivity contribution in [1.82, 2.24) is 0 Å². The Morgan fingerprint density at radius 3 is 1.26 bits per heavy atom. The van der Waals surface area contributed by atoms with Crippen molar-refractivity contribution >= 4 is 11.9 Å². The van der Waals surface area contributed by atoms with Gasteiger partial charge in [0.25, 0.3) is 0 Å². The van der Waals surface area contributed by atoms with Crippen LogP contribution in [-0.4, -0.2) is 18.5 Å². The lowest BCUT2D eigenvalue weighted by Crippen LogP contribution is -2.13. The summed E-state index contributed by atoms with van der Waals surface area (Å²) in [5.74, 6) is -12.3. The highest BCUT2D eigenvalue weighted by atomic mass is 19.2. The molecule has 0 aromatic heterocycles. The van der Waals surface area contributed by atoms with E-state index in [1.165, 1.54) is 77.0 Å². The standard InChI is InChI=1S/C29H43F5O4/c1-2-3-4-5-6-7-8-9-10-11-12-13-14-15-16-17-20-37-23(35)18-19-24(36)38-21-22-25(30)27(32)29(34)28(33)26(22)31/h2-21H2,1H3. The largest absolute Gasteiger partial charge is 0.466 e. The van der Waals surface area contributed by atoms with E-state index < -0.39 is 59.6 Å². The maximum atomic E-state index is 13.6. The maximum Gasteiger partial charge on any atom is 0.306 e. The Morgan fingerprint density at radius 2 is 0.842 bits per heavy atom. The van der Waals surface area contributed by atoms with Crippen LogP contribution in [-0.2, 0) is 25.7 Å². The summed E-state index contributed by atoms with van der Waals surface area (Å²) < 4.78 is 76.1. The number of esters is 2. The summed E-state index contributed by atoms with van der Waals surface area (Å²) >= 11 is 0. The van der Waals surface area contributed by atoms with Crippen LogP contribution >= 0.6 is 0 Å². The second kappa shape index (κ2) is 20.7. The number of benzene rings is 1. The van der Waals surface area contributed by atoms with Gasteiger partial charge in [-0.25, -0.2) is 22.0 Å². The Morgan fingerprint density at radius 1 is 0.500 bits per heavy atom. The van der Waals surface area contributed by atoms with E-state index >= 15 is 0 Å². The van der Waals surface area contributed by atoms with E-state index in [4.69, 9.17) is 4.74 Å². The molecule has 0 heterocycles. The monoisotopic (exact) mass is 550 g/mol. The molecule has 0 atom stereocenters. The molecule has 0 aliphatic heterocycles. The van der Waals surface area contributed by atoms with Crippen LogP contribution < -0.4 is 0 Å². The number of carbonyl (C=O) groups excluding carboxylic acids is 2. The average molecular weight is 551 g/mol. The van der Waals surface area contributed by atoms with Gasteiger partial charge in [0, 0.05) is 0 Å². The molecular weight excluding hydrogens is 507 g/mol.